The lowest BCUT2D eigenvalue weighted by atomic mass is 9.98. The fraction of sp³-hybridized carbons (Fsp3) is 0.345. The van der Waals surface area contributed by atoms with Gasteiger partial charge in [0.15, 0.2) is 0 Å². The number of anilines is 2. The monoisotopic (exact) mass is 601 g/mol. The molecule has 2 aliphatic rings. The van der Waals surface area contributed by atoms with Crippen molar-refractivity contribution >= 4 is 48.9 Å². The molecule has 212 valence electrons. The maximum Gasteiger partial charge on any atom is 0.264 e. The highest BCUT2D eigenvalue weighted by atomic mass is 35.5. The summed E-state index contributed by atoms with van der Waals surface area (Å²) in [5, 5.41) is 3.35. The Kier molecular flexibility index (Phi) is 7.73. The third-order valence-electron chi connectivity index (χ3n) is 7.56. The molecule has 0 saturated carbocycles. The number of piperidine rings is 1. The first-order chi connectivity index (χ1) is 18.9. The zero-order valence-corrected chi connectivity index (χ0v) is 25.0. The summed E-state index contributed by atoms with van der Waals surface area (Å²) < 4.78 is 56.6. The van der Waals surface area contributed by atoms with Gasteiger partial charge in [-0.25, -0.2) is 16.8 Å². The van der Waals surface area contributed by atoms with E-state index in [4.69, 9.17) is 11.6 Å². The number of benzene rings is 3. The molecular formula is C29H32ClN3O5S2. The van der Waals surface area contributed by atoms with Gasteiger partial charge >= 0.3 is 0 Å². The van der Waals surface area contributed by atoms with E-state index in [0.717, 1.165) is 11.1 Å². The summed E-state index contributed by atoms with van der Waals surface area (Å²) in [5.74, 6) is -0.820. The summed E-state index contributed by atoms with van der Waals surface area (Å²) in [6, 6.07) is 15.0. The Morgan fingerprint density at radius 3 is 2.25 bits per heavy atom. The molecule has 2 heterocycles. The molecule has 3 aromatic carbocycles. The number of aryl methyl sites for hydroxylation is 3. The normalized spacial score (nSPS) is 18.0. The zero-order chi connectivity index (χ0) is 28.8. The van der Waals surface area contributed by atoms with E-state index >= 15 is 0 Å². The second-order valence-electron chi connectivity index (χ2n) is 10.5. The van der Waals surface area contributed by atoms with Gasteiger partial charge < -0.3 is 5.32 Å². The highest BCUT2D eigenvalue weighted by molar-refractivity contribution is 7.92. The van der Waals surface area contributed by atoms with Gasteiger partial charge in [-0.05, 0) is 93.1 Å². The van der Waals surface area contributed by atoms with Crippen LogP contribution in [0.3, 0.4) is 0 Å². The van der Waals surface area contributed by atoms with Crippen LogP contribution in [0.5, 0.6) is 0 Å². The fourth-order valence-electron chi connectivity index (χ4n) is 5.73. The Bertz CT molecular complexity index is 1670. The van der Waals surface area contributed by atoms with Crippen molar-refractivity contribution in [2.24, 2.45) is 5.92 Å². The highest BCUT2D eigenvalue weighted by Gasteiger charge is 2.35. The van der Waals surface area contributed by atoms with Gasteiger partial charge in [0.05, 0.1) is 21.4 Å². The Morgan fingerprint density at radius 1 is 0.900 bits per heavy atom. The molecule has 8 nitrogen and oxygen atoms in total. The molecule has 5 rings (SSSR count). The molecule has 0 bridgehead atoms. The van der Waals surface area contributed by atoms with E-state index in [9.17, 15) is 21.6 Å². The molecule has 1 saturated heterocycles. The van der Waals surface area contributed by atoms with Gasteiger partial charge in [0.2, 0.25) is 15.9 Å². The SMILES string of the molecule is Cc1cc(C)c(S(=O)(=O)N2CCC[C@@H](C(=O)Nc3ccc4c(c3)N(S(=O)(=O)c3ccc(Cl)cc3)CC4)C2)c(C)c1. The number of nitrogens with zero attached hydrogens (tertiary/aromatic N) is 2. The largest absolute Gasteiger partial charge is 0.326 e. The minimum absolute atomic E-state index is 0.0862. The quantitative estimate of drug-likeness (QED) is 0.425. The number of halogens is 1. The lowest BCUT2D eigenvalue weighted by molar-refractivity contribution is -0.120. The first-order valence-corrected chi connectivity index (χ1v) is 16.4. The Morgan fingerprint density at radius 2 is 1.57 bits per heavy atom. The molecule has 3 aromatic rings. The van der Waals surface area contributed by atoms with Crippen LogP contribution in [0.1, 0.15) is 35.1 Å². The summed E-state index contributed by atoms with van der Waals surface area (Å²) in [6.07, 6.45) is 1.69. The van der Waals surface area contributed by atoms with Crippen molar-refractivity contribution in [3.05, 3.63) is 81.9 Å². The van der Waals surface area contributed by atoms with Gasteiger partial charge in [-0.3, -0.25) is 9.10 Å². The van der Waals surface area contributed by atoms with E-state index in [1.165, 1.54) is 32.9 Å². The highest BCUT2D eigenvalue weighted by Crippen LogP contribution is 2.36. The van der Waals surface area contributed by atoms with Crippen molar-refractivity contribution < 1.29 is 21.6 Å². The van der Waals surface area contributed by atoms with Crippen molar-refractivity contribution in [2.75, 3.05) is 29.3 Å². The molecule has 1 N–H and O–H groups in total. The van der Waals surface area contributed by atoms with Crippen molar-refractivity contribution in [2.45, 2.75) is 49.8 Å². The number of amides is 1. The van der Waals surface area contributed by atoms with Gasteiger partial charge in [0.1, 0.15) is 0 Å². The fourth-order valence-corrected chi connectivity index (χ4v) is 9.29. The number of carbonyl (C=O) groups excluding carboxylic acids is 1. The van der Waals surface area contributed by atoms with Crippen LogP contribution < -0.4 is 9.62 Å². The average Bonchev–Trinajstić information content (AvgIpc) is 3.32. The van der Waals surface area contributed by atoms with Crippen LogP contribution >= 0.6 is 11.6 Å². The molecule has 2 aliphatic heterocycles. The van der Waals surface area contributed by atoms with Gasteiger partial charge in [0, 0.05) is 30.3 Å². The molecular weight excluding hydrogens is 570 g/mol. The van der Waals surface area contributed by atoms with Crippen molar-refractivity contribution in [3.8, 4) is 0 Å². The predicted octanol–water partition coefficient (Wildman–Crippen LogP) is 5.06. The second-order valence-corrected chi connectivity index (χ2v) is 14.7. The Balaban J connectivity index is 1.34. The molecule has 1 fully saturated rings. The topological polar surface area (TPSA) is 104 Å². The third kappa shape index (κ3) is 5.37. The van der Waals surface area contributed by atoms with Crippen LogP contribution in [-0.2, 0) is 31.3 Å². The van der Waals surface area contributed by atoms with Crippen LogP contribution in [0, 0.1) is 26.7 Å². The number of nitrogens with one attached hydrogen (secondary N) is 1. The second kappa shape index (κ2) is 10.8. The lowest BCUT2D eigenvalue weighted by Gasteiger charge is -2.32. The van der Waals surface area contributed by atoms with Crippen molar-refractivity contribution in [1.29, 1.82) is 0 Å². The molecule has 0 aromatic heterocycles. The van der Waals surface area contributed by atoms with Crippen LogP contribution in [0.2, 0.25) is 5.02 Å². The van der Waals surface area contributed by atoms with Crippen LogP contribution in [0.15, 0.2) is 64.4 Å². The maximum atomic E-state index is 13.6. The predicted molar refractivity (Wildman–Crippen MR) is 157 cm³/mol. The van der Waals surface area contributed by atoms with Crippen LogP contribution in [-0.4, -0.2) is 46.7 Å². The van der Waals surface area contributed by atoms with E-state index in [2.05, 4.69) is 5.32 Å². The minimum atomic E-state index is -3.81. The van der Waals surface area contributed by atoms with E-state index in [-0.39, 0.29) is 17.3 Å². The number of fused-ring (bicyclic) bond motifs is 1. The van der Waals surface area contributed by atoms with Gasteiger partial charge in [-0.2, -0.15) is 4.31 Å². The van der Waals surface area contributed by atoms with E-state index in [1.807, 2.05) is 25.1 Å². The smallest absolute Gasteiger partial charge is 0.264 e. The Labute approximate surface area is 241 Å². The number of rotatable bonds is 6. The van der Waals surface area contributed by atoms with Gasteiger partial charge in [-0.1, -0.05) is 35.4 Å². The van der Waals surface area contributed by atoms with Crippen LogP contribution in [0.4, 0.5) is 11.4 Å². The summed E-state index contributed by atoms with van der Waals surface area (Å²) in [6.45, 7) is 6.27. The zero-order valence-electron chi connectivity index (χ0n) is 22.6. The van der Waals surface area contributed by atoms with Crippen LogP contribution in [0.25, 0.3) is 0 Å². The Hall–Kier alpha value is -2.92. The summed E-state index contributed by atoms with van der Waals surface area (Å²) in [7, 11) is -7.57. The summed E-state index contributed by atoms with van der Waals surface area (Å²) in [4.78, 5) is 13.8. The number of carbonyl (C=O) groups is 1. The first-order valence-electron chi connectivity index (χ1n) is 13.2. The summed E-state index contributed by atoms with van der Waals surface area (Å²) in [5.41, 5.74) is 4.24. The molecule has 1 atom stereocenters. The minimum Gasteiger partial charge on any atom is -0.326 e. The maximum absolute atomic E-state index is 13.6. The molecule has 0 radical (unpaired) electrons. The standard InChI is InChI=1S/C29H32ClN3O5S2/c1-19-15-20(2)28(21(3)16-19)40(37,38)32-13-4-5-23(18-32)29(34)31-25-9-6-22-12-14-33(27(22)17-25)39(35,36)26-10-7-24(30)8-11-26/h6-11,15-17,23H,4-5,12-14,18H2,1-3H3,(H,31,34)/t23-/m1/s1. The van der Waals surface area contributed by atoms with Crippen molar-refractivity contribution in [3.63, 3.8) is 0 Å². The molecule has 0 aliphatic carbocycles. The summed E-state index contributed by atoms with van der Waals surface area (Å²) >= 11 is 5.94. The number of hydrogen-bond donors (Lipinski definition) is 1. The molecule has 1 amide bonds. The number of sulfonamides is 2. The molecule has 0 spiro atoms. The van der Waals surface area contributed by atoms with Gasteiger partial charge in [-0.15, -0.1) is 0 Å². The molecule has 11 heteroatoms. The average molecular weight is 602 g/mol. The van der Waals surface area contributed by atoms with E-state index in [0.29, 0.717) is 64.8 Å². The molecule has 0 unspecified atom stereocenters. The van der Waals surface area contributed by atoms with E-state index < -0.39 is 26.0 Å². The third-order valence-corrected chi connectivity index (χ3v) is 11.8. The number of hydrogen-bond acceptors (Lipinski definition) is 5. The van der Waals surface area contributed by atoms with Crippen molar-refractivity contribution in [1.82, 2.24) is 4.31 Å². The van der Waals surface area contributed by atoms with E-state index in [1.54, 1.807) is 26.0 Å². The van der Waals surface area contributed by atoms with Gasteiger partial charge in [0.25, 0.3) is 10.0 Å². The first kappa shape index (κ1) is 28.6. The molecule has 40 heavy (non-hydrogen) atoms. The lowest BCUT2D eigenvalue weighted by Crippen LogP contribution is -2.44.